The number of rotatable bonds is 6. The monoisotopic (exact) mass is 380 g/mol. The van der Waals surface area contributed by atoms with Gasteiger partial charge >= 0.3 is 0 Å². The Hall–Kier alpha value is -1.26. The third kappa shape index (κ3) is 3.55. The molecule has 0 atom stereocenters. The quantitative estimate of drug-likeness (QED) is 0.369. The van der Waals surface area contributed by atoms with Crippen LogP contribution in [-0.4, -0.2) is 20.3 Å². The van der Waals surface area contributed by atoms with Crippen molar-refractivity contribution in [3.05, 3.63) is 51.9 Å². The third-order valence-electron chi connectivity index (χ3n) is 3.89. The van der Waals surface area contributed by atoms with Crippen molar-refractivity contribution >= 4 is 44.6 Å². The van der Waals surface area contributed by atoms with Crippen molar-refractivity contribution in [2.24, 2.45) is 0 Å². The van der Waals surface area contributed by atoms with Crippen molar-refractivity contribution in [3.63, 3.8) is 0 Å². The standard InChI is InChI=1S/C19H18Cl2O2S/c1-12-9-14(23-8-7-22-2)4-5-15(12)18-16-10-13(11-20)3-6-17(16)24-19(18)21/h3-6,9-10H,7-8,11H2,1-2H3. The summed E-state index contributed by atoms with van der Waals surface area (Å²) in [5.74, 6) is 1.33. The first-order chi connectivity index (χ1) is 11.6. The number of hydrogen-bond acceptors (Lipinski definition) is 3. The average molecular weight is 381 g/mol. The second-order valence-corrected chi connectivity index (χ2v) is 7.45. The van der Waals surface area contributed by atoms with Crippen LogP contribution in [-0.2, 0) is 10.6 Å². The van der Waals surface area contributed by atoms with Crippen molar-refractivity contribution in [1.29, 1.82) is 0 Å². The van der Waals surface area contributed by atoms with Gasteiger partial charge in [-0.1, -0.05) is 23.7 Å². The normalized spacial score (nSPS) is 11.2. The summed E-state index contributed by atoms with van der Waals surface area (Å²) in [5.41, 5.74) is 4.42. The maximum Gasteiger partial charge on any atom is 0.119 e. The van der Waals surface area contributed by atoms with E-state index < -0.39 is 0 Å². The summed E-state index contributed by atoms with van der Waals surface area (Å²) in [7, 11) is 1.66. The SMILES string of the molecule is COCCOc1ccc(-c2c(Cl)sc3ccc(CCl)cc23)c(C)c1. The molecule has 0 radical (unpaired) electrons. The summed E-state index contributed by atoms with van der Waals surface area (Å²) in [6.07, 6.45) is 0. The molecule has 0 aliphatic heterocycles. The molecule has 2 nitrogen and oxygen atoms in total. The molecule has 126 valence electrons. The van der Waals surface area contributed by atoms with Crippen LogP contribution in [0.25, 0.3) is 21.2 Å². The van der Waals surface area contributed by atoms with Crippen LogP contribution >= 0.6 is 34.5 Å². The summed E-state index contributed by atoms with van der Waals surface area (Å²) in [5, 5.41) is 1.15. The molecule has 5 heteroatoms. The Morgan fingerprint density at radius 2 is 1.92 bits per heavy atom. The van der Waals surface area contributed by atoms with Crippen LogP contribution in [0.15, 0.2) is 36.4 Å². The van der Waals surface area contributed by atoms with E-state index in [1.54, 1.807) is 18.4 Å². The molecule has 0 saturated heterocycles. The van der Waals surface area contributed by atoms with Gasteiger partial charge in [0.15, 0.2) is 0 Å². The summed E-state index contributed by atoms with van der Waals surface area (Å²) in [4.78, 5) is 0. The summed E-state index contributed by atoms with van der Waals surface area (Å²) >= 11 is 14.1. The largest absolute Gasteiger partial charge is 0.491 e. The Balaban J connectivity index is 2.02. The van der Waals surface area contributed by atoms with Crippen molar-refractivity contribution in [2.75, 3.05) is 20.3 Å². The minimum atomic E-state index is 0.494. The molecular weight excluding hydrogens is 363 g/mol. The van der Waals surface area contributed by atoms with E-state index in [-0.39, 0.29) is 0 Å². The maximum absolute atomic E-state index is 6.55. The fraction of sp³-hybridized carbons (Fsp3) is 0.263. The average Bonchev–Trinajstić information content (AvgIpc) is 2.90. The lowest BCUT2D eigenvalue weighted by atomic mass is 9.99. The van der Waals surface area contributed by atoms with Gasteiger partial charge in [-0.25, -0.2) is 0 Å². The minimum Gasteiger partial charge on any atom is -0.491 e. The molecule has 0 amide bonds. The smallest absolute Gasteiger partial charge is 0.119 e. The van der Waals surface area contributed by atoms with Gasteiger partial charge in [0.1, 0.15) is 16.7 Å². The van der Waals surface area contributed by atoms with E-state index in [0.717, 1.165) is 37.7 Å². The van der Waals surface area contributed by atoms with Crippen LogP contribution in [0.5, 0.6) is 5.75 Å². The fourth-order valence-electron chi connectivity index (χ4n) is 2.70. The molecule has 0 unspecified atom stereocenters. The summed E-state index contributed by atoms with van der Waals surface area (Å²) in [6, 6.07) is 12.3. The highest BCUT2D eigenvalue weighted by molar-refractivity contribution is 7.23. The maximum atomic E-state index is 6.55. The molecule has 0 saturated carbocycles. The second-order valence-electron chi connectivity index (χ2n) is 5.53. The molecule has 1 heterocycles. The predicted molar refractivity (Wildman–Crippen MR) is 104 cm³/mol. The van der Waals surface area contributed by atoms with Crippen LogP contribution in [0.3, 0.4) is 0 Å². The Labute approximate surface area is 155 Å². The van der Waals surface area contributed by atoms with Gasteiger partial charge in [0.05, 0.1) is 6.61 Å². The first-order valence-electron chi connectivity index (χ1n) is 7.63. The van der Waals surface area contributed by atoms with Crippen LogP contribution in [0.2, 0.25) is 4.34 Å². The highest BCUT2D eigenvalue weighted by Crippen LogP contribution is 2.44. The molecule has 3 aromatic rings. The van der Waals surface area contributed by atoms with Gasteiger partial charge in [0.25, 0.3) is 0 Å². The number of ether oxygens (including phenoxy) is 2. The van der Waals surface area contributed by atoms with E-state index in [4.69, 9.17) is 32.7 Å². The lowest BCUT2D eigenvalue weighted by Crippen LogP contribution is -2.04. The zero-order chi connectivity index (χ0) is 17.1. The zero-order valence-electron chi connectivity index (χ0n) is 13.6. The zero-order valence-corrected chi connectivity index (χ0v) is 15.9. The second kappa shape index (κ2) is 7.75. The number of methoxy groups -OCH3 is 1. The van der Waals surface area contributed by atoms with Gasteiger partial charge < -0.3 is 9.47 Å². The van der Waals surface area contributed by atoms with Crippen molar-refractivity contribution in [1.82, 2.24) is 0 Å². The van der Waals surface area contributed by atoms with E-state index >= 15 is 0 Å². The van der Waals surface area contributed by atoms with Gasteiger partial charge in [0, 0.05) is 28.6 Å². The highest BCUT2D eigenvalue weighted by atomic mass is 35.5. The van der Waals surface area contributed by atoms with Crippen LogP contribution < -0.4 is 4.74 Å². The molecule has 0 aliphatic rings. The van der Waals surface area contributed by atoms with E-state index in [9.17, 15) is 0 Å². The van der Waals surface area contributed by atoms with Gasteiger partial charge in [-0.2, -0.15) is 0 Å². The van der Waals surface area contributed by atoms with Gasteiger partial charge in [-0.05, 0) is 47.9 Å². The van der Waals surface area contributed by atoms with Crippen molar-refractivity contribution in [2.45, 2.75) is 12.8 Å². The molecule has 0 aliphatic carbocycles. The van der Waals surface area contributed by atoms with E-state index in [2.05, 4.69) is 25.1 Å². The summed E-state index contributed by atoms with van der Waals surface area (Å²) in [6.45, 7) is 3.18. The number of fused-ring (bicyclic) bond motifs is 1. The van der Waals surface area contributed by atoms with E-state index in [0.29, 0.717) is 19.1 Å². The molecule has 3 rings (SSSR count). The number of halogens is 2. The number of hydrogen-bond donors (Lipinski definition) is 0. The van der Waals surface area contributed by atoms with E-state index in [1.165, 1.54) is 4.70 Å². The lowest BCUT2D eigenvalue weighted by molar-refractivity contribution is 0.146. The molecule has 1 aromatic heterocycles. The number of thiophene rings is 1. The van der Waals surface area contributed by atoms with E-state index in [1.807, 2.05) is 18.2 Å². The Morgan fingerprint density at radius 1 is 1.08 bits per heavy atom. The Morgan fingerprint density at radius 3 is 2.62 bits per heavy atom. The van der Waals surface area contributed by atoms with Crippen LogP contribution in [0.1, 0.15) is 11.1 Å². The first kappa shape index (κ1) is 17.6. The number of benzene rings is 2. The lowest BCUT2D eigenvalue weighted by Gasteiger charge is -2.10. The topological polar surface area (TPSA) is 18.5 Å². The van der Waals surface area contributed by atoms with Gasteiger partial charge in [-0.3, -0.25) is 0 Å². The highest BCUT2D eigenvalue weighted by Gasteiger charge is 2.15. The molecule has 0 fully saturated rings. The summed E-state index contributed by atoms with van der Waals surface area (Å²) < 4.78 is 12.7. The van der Waals surface area contributed by atoms with Crippen LogP contribution in [0.4, 0.5) is 0 Å². The molecule has 24 heavy (non-hydrogen) atoms. The predicted octanol–water partition coefficient (Wildman–Crippen LogP) is 6.29. The number of alkyl halides is 1. The van der Waals surface area contributed by atoms with Crippen LogP contribution in [0, 0.1) is 6.92 Å². The Kier molecular flexibility index (Phi) is 5.67. The van der Waals surface area contributed by atoms with Crippen molar-refractivity contribution in [3.8, 4) is 16.9 Å². The first-order valence-corrected chi connectivity index (χ1v) is 9.36. The molecule has 0 N–H and O–H groups in total. The molecule has 2 aromatic carbocycles. The molecule has 0 bridgehead atoms. The molecule has 0 spiro atoms. The minimum absolute atomic E-state index is 0.494. The molecular formula is C19H18Cl2O2S. The number of aryl methyl sites for hydroxylation is 1. The van der Waals surface area contributed by atoms with Gasteiger partial charge in [-0.15, -0.1) is 22.9 Å². The van der Waals surface area contributed by atoms with Gasteiger partial charge in [0.2, 0.25) is 0 Å². The van der Waals surface area contributed by atoms with Crippen molar-refractivity contribution < 1.29 is 9.47 Å². The Bertz CT molecular complexity index is 858. The third-order valence-corrected chi connectivity index (χ3v) is 5.58. The fourth-order valence-corrected chi connectivity index (χ4v) is 4.24.